The summed E-state index contributed by atoms with van der Waals surface area (Å²) >= 11 is 0. The number of hydrogen-bond acceptors (Lipinski definition) is 2. The van der Waals surface area contributed by atoms with Gasteiger partial charge in [-0.1, -0.05) is 0 Å². The first-order valence-corrected chi connectivity index (χ1v) is 5.42. The molecule has 0 aliphatic heterocycles. The number of aromatic carboxylic acids is 1. The maximum Gasteiger partial charge on any atom is 0.335 e. The van der Waals surface area contributed by atoms with Crippen molar-refractivity contribution in [3.63, 3.8) is 0 Å². The van der Waals surface area contributed by atoms with Crippen molar-refractivity contribution in [3.8, 4) is 0 Å². The van der Waals surface area contributed by atoms with Gasteiger partial charge in [0.05, 0.1) is 22.9 Å². The van der Waals surface area contributed by atoms with Crippen LogP contribution in [0, 0.1) is 5.92 Å². The molecule has 1 heterocycles. The standard InChI is InChI=1S/C12H12N2O2/c15-12(16)9-3-4-11-10(5-9)13-7-14(11)6-8-1-2-8/h3-5,7-8H,1-2,6H2,(H,15,16). The molecule has 1 saturated carbocycles. The Labute approximate surface area is 92.5 Å². The van der Waals surface area contributed by atoms with Gasteiger partial charge in [-0.25, -0.2) is 9.78 Å². The molecular weight excluding hydrogens is 204 g/mol. The number of carboxylic acid groups (broad SMARTS) is 1. The zero-order valence-corrected chi connectivity index (χ0v) is 8.76. The molecule has 1 aromatic heterocycles. The third-order valence-corrected chi connectivity index (χ3v) is 3.02. The Kier molecular flexibility index (Phi) is 1.96. The van der Waals surface area contributed by atoms with Crippen molar-refractivity contribution < 1.29 is 9.90 Å². The lowest BCUT2D eigenvalue weighted by molar-refractivity contribution is 0.0697. The van der Waals surface area contributed by atoms with E-state index in [4.69, 9.17) is 5.11 Å². The van der Waals surface area contributed by atoms with E-state index in [0.29, 0.717) is 5.56 Å². The van der Waals surface area contributed by atoms with Crippen LogP contribution < -0.4 is 0 Å². The molecule has 1 aromatic carbocycles. The lowest BCUT2D eigenvalue weighted by Gasteiger charge is -2.02. The topological polar surface area (TPSA) is 55.1 Å². The van der Waals surface area contributed by atoms with Gasteiger partial charge >= 0.3 is 5.97 Å². The van der Waals surface area contributed by atoms with Crippen LogP contribution in [-0.2, 0) is 6.54 Å². The predicted octanol–water partition coefficient (Wildman–Crippen LogP) is 2.14. The van der Waals surface area contributed by atoms with Crippen molar-refractivity contribution in [2.24, 2.45) is 5.92 Å². The molecule has 2 aromatic rings. The summed E-state index contributed by atoms with van der Waals surface area (Å²) in [6.45, 7) is 1.00. The highest BCUT2D eigenvalue weighted by Crippen LogP contribution is 2.31. The first-order valence-electron chi connectivity index (χ1n) is 5.42. The number of hydrogen-bond donors (Lipinski definition) is 1. The third-order valence-electron chi connectivity index (χ3n) is 3.02. The van der Waals surface area contributed by atoms with Gasteiger partial charge in [-0.05, 0) is 37.0 Å². The lowest BCUT2D eigenvalue weighted by Crippen LogP contribution is -1.98. The summed E-state index contributed by atoms with van der Waals surface area (Å²) in [6.07, 6.45) is 4.40. The Bertz CT molecular complexity index is 555. The van der Waals surface area contributed by atoms with E-state index in [1.807, 2.05) is 6.07 Å². The molecule has 1 aliphatic carbocycles. The van der Waals surface area contributed by atoms with Crippen LogP contribution in [0.5, 0.6) is 0 Å². The lowest BCUT2D eigenvalue weighted by atomic mass is 10.2. The number of nitrogens with zero attached hydrogens (tertiary/aromatic N) is 2. The summed E-state index contributed by atoms with van der Waals surface area (Å²) in [5.74, 6) is -0.116. The SMILES string of the molecule is O=C(O)c1ccc2c(c1)ncn2CC1CC1. The van der Waals surface area contributed by atoms with Crippen LogP contribution in [-0.4, -0.2) is 20.6 Å². The third kappa shape index (κ3) is 1.56. The fourth-order valence-corrected chi connectivity index (χ4v) is 1.92. The second kappa shape index (κ2) is 3.33. The molecule has 16 heavy (non-hydrogen) atoms. The molecule has 4 nitrogen and oxygen atoms in total. The zero-order valence-electron chi connectivity index (χ0n) is 8.76. The highest BCUT2D eigenvalue weighted by atomic mass is 16.4. The molecule has 3 rings (SSSR count). The molecule has 0 bridgehead atoms. The molecule has 1 aliphatic rings. The van der Waals surface area contributed by atoms with Crippen LogP contribution in [0.25, 0.3) is 11.0 Å². The van der Waals surface area contributed by atoms with Crippen molar-refractivity contribution in [3.05, 3.63) is 30.1 Å². The molecule has 0 atom stereocenters. The number of carboxylic acids is 1. The molecule has 0 amide bonds. The molecule has 82 valence electrons. The fraction of sp³-hybridized carbons (Fsp3) is 0.333. The number of benzene rings is 1. The summed E-state index contributed by atoms with van der Waals surface area (Å²) in [4.78, 5) is 15.0. The minimum absolute atomic E-state index is 0.296. The Balaban J connectivity index is 2.02. The Morgan fingerprint density at radius 3 is 3.00 bits per heavy atom. The van der Waals surface area contributed by atoms with E-state index in [-0.39, 0.29) is 0 Å². The number of rotatable bonds is 3. The molecular formula is C12H12N2O2. The number of imidazole rings is 1. The van der Waals surface area contributed by atoms with E-state index < -0.39 is 5.97 Å². The van der Waals surface area contributed by atoms with E-state index in [0.717, 1.165) is 23.5 Å². The van der Waals surface area contributed by atoms with E-state index >= 15 is 0 Å². The van der Waals surface area contributed by atoms with E-state index in [1.165, 1.54) is 12.8 Å². The summed E-state index contributed by atoms with van der Waals surface area (Å²) < 4.78 is 2.11. The minimum Gasteiger partial charge on any atom is -0.478 e. The predicted molar refractivity (Wildman–Crippen MR) is 59.4 cm³/mol. The minimum atomic E-state index is -0.904. The van der Waals surface area contributed by atoms with E-state index in [2.05, 4.69) is 9.55 Å². The van der Waals surface area contributed by atoms with Gasteiger partial charge in [0.15, 0.2) is 0 Å². The number of fused-ring (bicyclic) bond motifs is 1. The second-order valence-electron chi connectivity index (χ2n) is 4.35. The quantitative estimate of drug-likeness (QED) is 0.855. The average Bonchev–Trinajstić information content (AvgIpc) is 2.99. The van der Waals surface area contributed by atoms with Crippen molar-refractivity contribution in [2.45, 2.75) is 19.4 Å². The highest BCUT2D eigenvalue weighted by Gasteiger charge is 2.22. The van der Waals surface area contributed by atoms with Gasteiger partial charge in [-0.15, -0.1) is 0 Å². The maximum atomic E-state index is 10.8. The van der Waals surface area contributed by atoms with Gasteiger partial charge in [0.1, 0.15) is 0 Å². The van der Waals surface area contributed by atoms with Crippen molar-refractivity contribution in [1.82, 2.24) is 9.55 Å². The van der Waals surface area contributed by atoms with Gasteiger partial charge in [-0.3, -0.25) is 0 Å². The van der Waals surface area contributed by atoms with Crippen LogP contribution in [0.1, 0.15) is 23.2 Å². The maximum absolute atomic E-state index is 10.8. The van der Waals surface area contributed by atoms with Crippen molar-refractivity contribution >= 4 is 17.0 Å². The van der Waals surface area contributed by atoms with Crippen molar-refractivity contribution in [2.75, 3.05) is 0 Å². The van der Waals surface area contributed by atoms with Crippen LogP contribution in [0.2, 0.25) is 0 Å². The number of aromatic nitrogens is 2. The molecule has 0 radical (unpaired) electrons. The summed E-state index contributed by atoms with van der Waals surface area (Å²) in [6, 6.07) is 5.10. The van der Waals surface area contributed by atoms with E-state index in [1.54, 1.807) is 18.5 Å². The Morgan fingerprint density at radius 1 is 1.50 bits per heavy atom. The second-order valence-corrected chi connectivity index (χ2v) is 4.35. The Hall–Kier alpha value is -1.84. The van der Waals surface area contributed by atoms with Crippen LogP contribution in [0.15, 0.2) is 24.5 Å². The zero-order chi connectivity index (χ0) is 11.1. The molecule has 1 N–H and O–H groups in total. The summed E-state index contributed by atoms with van der Waals surface area (Å²) in [7, 11) is 0. The Morgan fingerprint density at radius 2 is 2.31 bits per heavy atom. The van der Waals surface area contributed by atoms with Crippen LogP contribution in [0.4, 0.5) is 0 Å². The molecule has 4 heteroatoms. The normalized spacial score (nSPS) is 15.5. The molecule has 0 spiro atoms. The van der Waals surface area contributed by atoms with Gasteiger partial charge in [0.2, 0.25) is 0 Å². The average molecular weight is 216 g/mol. The summed E-state index contributed by atoms with van der Waals surface area (Å²) in [5, 5.41) is 8.87. The van der Waals surface area contributed by atoms with Crippen molar-refractivity contribution in [1.29, 1.82) is 0 Å². The van der Waals surface area contributed by atoms with Crippen LogP contribution in [0.3, 0.4) is 0 Å². The monoisotopic (exact) mass is 216 g/mol. The van der Waals surface area contributed by atoms with Gasteiger partial charge in [0, 0.05) is 6.54 Å². The van der Waals surface area contributed by atoms with Gasteiger partial charge in [-0.2, -0.15) is 0 Å². The first kappa shape index (κ1) is 9.39. The number of carbonyl (C=O) groups is 1. The summed E-state index contributed by atoms with van der Waals surface area (Å²) in [5.41, 5.74) is 2.08. The molecule has 0 saturated heterocycles. The van der Waals surface area contributed by atoms with Gasteiger partial charge < -0.3 is 9.67 Å². The highest BCUT2D eigenvalue weighted by molar-refractivity contribution is 5.92. The molecule has 1 fully saturated rings. The van der Waals surface area contributed by atoms with E-state index in [9.17, 15) is 4.79 Å². The largest absolute Gasteiger partial charge is 0.478 e. The molecule has 0 unspecified atom stereocenters. The van der Waals surface area contributed by atoms with Crippen LogP contribution >= 0.6 is 0 Å². The fourth-order valence-electron chi connectivity index (χ4n) is 1.92. The smallest absolute Gasteiger partial charge is 0.335 e. The van der Waals surface area contributed by atoms with Gasteiger partial charge in [0.25, 0.3) is 0 Å². The first-order chi connectivity index (χ1) is 7.74.